The van der Waals surface area contributed by atoms with Crippen LogP contribution in [0.2, 0.25) is 5.02 Å². The van der Waals surface area contributed by atoms with E-state index in [2.05, 4.69) is 11.6 Å². The van der Waals surface area contributed by atoms with Gasteiger partial charge in [-0.05, 0) is 31.9 Å². The van der Waals surface area contributed by atoms with Gasteiger partial charge < -0.3 is 15.6 Å². The summed E-state index contributed by atoms with van der Waals surface area (Å²) in [5.41, 5.74) is 6.96. The highest BCUT2D eigenvalue weighted by Gasteiger charge is 2.30. The lowest BCUT2D eigenvalue weighted by Crippen LogP contribution is -2.38. The summed E-state index contributed by atoms with van der Waals surface area (Å²) in [5.74, 6) is -1.64. The third kappa shape index (κ3) is 2.91. The molecule has 3 rings (SSSR count). The number of carbonyl (C=O) groups excluding carboxylic acids is 2. The Hall–Kier alpha value is -2.34. The fraction of sp³-hybridized carbons (Fsp3) is 0.333. The van der Waals surface area contributed by atoms with Crippen molar-refractivity contribution in [2.45, 2.75) is 25.7 Å². The van der Waals surface area contributed by atoms with Gasteiger partial charge in [0.1, 0.15) is 5.82 Å². The van der Waals surface area contributed by atoms with E-state index in [1.165, 1.54) is 6.08 Å². The van der Waals surface area contributed by atoms with Gasteiger partial charge >= 0.3 is 0 Å². The number of amides is 2. The number of aromatic nitrogens is 1. The number of nitrogens with two attached hydrogens (primary N) is 1. The summed E-state index contributed by atoms with van der Waals surface area (Å²) in [4.78, 5) is 28.3. The lowest BCUT2D eigenvalue weighted by Gasteiger charge is -2.33. The molecular formula is C18H19ClFN3O2. The standard InChI is InChI=1S/C18H19ClFN3O2/c1-3-13(24)23-6-4-5-10(8-23)14-12(20)7-11(18(21)25)17-15(14)16(19)9(2)22-17/h3,7,10,22H,1,4-6,8H2,2H3,(H2,21,25)/t10-/m0/s1. The summed E-state index contributed by atoms with van der Waals surface area (Å²) < 4.78 is 14.9. The van der Waals surface area contributed by atoms with Crippen molar-refractivity contribution < 1.29 is 14.0 Å². The van der Waals surface area contributed by atoms with E-state index in [9.17, 15) is 14.0 Å². The molecule has 3 N–H and O–H groups in total. The molecule has 0 spiro atoms. The minimum atomic E-state index is -0.722. The first kappa shape index (κ1) is 17.5. The van der Waals surface area contributed by atoms with Crippen LogP contribution in [0.25, 0.3) is 10.9 Å². The van der Waals surface area contributed by atoms with Crippen LogP contribution in [-0.4, -0.2) is 34.8 Å². The molecule has 1 fully saturated rings. The number of nitrogens with one attached hydrogen (secondary N) is 1. The van der Waals surface area contributed by atoms with Crippen molar-refractivity contribution in [3.05, 3.63) is 46.4 Å². The Balaban J connectivity index is 2.17. The van der Waals surface area contributed by atoms with E-state index in [4.69, 9.17) is 17.3 Å². The third-order valence-electron chi connectivity index (χ3n) is 4.76. The normalized spacial score (nSPS) is 17.7. The van der Waals surface area contributed by atoms with Crippen LogP contribution < -0.4 is 5.73 Å². The first-order chi connectivity index (χ1) is 11.8. The zero-order chi connectivity index (χ0) is 18.3. The molecule has 2 aromatic rings. The molecular weight excluding hydrogens is 345 g/mol. The molecule has 5 nitrogen and oxygen atoms in total. The van der Waals surface area contributed by atoms with Crippen LogP contribution in [-0.2, 0) is 4.79 Å². The second-order valence-electron chi connectivity index (χ2n) is 6.33. The van der Waals surface area contributed by atoms with Gasteiger partial charge in [0.25, 0.3) is 5.91 Å². The zero-order valence-corrected chi connectivity index (χ0v) is 14.6. The molecule has 1 atom stereocenters. The van der Waals surface area contributed by atoms with Crippen molar-refractivity contribution in [1.82, 2.24) is 9.88 Å². The van der Waals surface area contributed by atoms with Gasteiger partial charge in [0.05, 0.1) is 16.1 Å². The van der Waals surface area contributed by atoms with E-state index in [0.717, 1.165) is 18.9 Å². The Labute approximate surface area is 149 Å². The molecule has 0 unspecified atom stereocenters. The number of H-pyrrole nitrogens is 1. The molecule has 1 aliphatic rings. The highest BCUT2D eigenvalue weighted by atomic mass is 35.5. The van der Waals surface area contributed by atoms with E-state index < -0.39 is 11.7 Å². The maximum atomic E-state index is 14.9. The minimum absolute atomic E-state index is 0.0704. The molecule has 0 aliphatic carbocycles. The SMILES string of the molecule is C=CC(=O)N1CCC[C@H](c2c(F)cc(C(N)=O)c3[nH]c(C)c(Cl)c23)C1. The average molecular weight is 364 g/mol. The topological polar surface area (TPSA) is 79.2 Å². The van der Waals surface area contributed by atoms with Gasteiger partial charge in [0, 0.05) is 35.7 Å². The van der Waals surface area contributed by atoms with E-state index >= 15 is 0 Å². The Morgan fingerprint density at radius 3 is 2.88 bits per heavy atom. The molecule has 7 heteroatoms. The molecule has 25 heavy (non-hydrogen) atoms. The third-order valence-corrected chi connectivity index (χ3v) is 5.23. The number of rotatable bonds is 3. The molecule has 0 bridgehead atoms. The minimum Gasteiger partial charge on any atom is -0.366 e. The van der Waals surface area contributed by atoms with Gasteiger partial charge in [-0.3, -0.25) is 9.59 Å². The Bertz CT molecular complexity index is 890. The smallest absolute Gasteiger partial charge is 0.250 e. The van der Waals surface area contributed by atoms with E-state index in [0.29, 0.717) is 40.3 Å². The summed E-state index contributed by atoms with van der Waals surface area (Å²) in [7, 11) is 0. The number of primary amides is 1. The first-order valence-electron chi connectivity index (χ1n) is 8.06. The predicted octanol–water partition coefficient (Wildman–Crippen LogP) is 3.26. The molecule has 1 saturated heterocycles. The van der Waals surface area contributed by atoms with Gasteiger partial charge in [-0.15, -0.1) is 0 Å². The fourth-order valence-electron chi connectivity index (χ4n) is 3.59. The van der Waals surface area contributed by atoms with Gasteiger partial charge in [0.15, 0.2) is 0 Å². The molecule has 0 radical (unpaired) electrons. The second-order valence-corrected chi connectivity index (χ2v) is 6.70. The van der Waals surface area contributed by atoms with Crippen LogP contribution in [0.15, 0.2) is 18.7 Å². The maximum Gasteiger partial charge on any atom is 0.250 e. The van der Waals surface area contributed by atoms with E-state index in [1.807, 2.05) is 0 Å². The van der Waals surface area contributed by atoms with Crippen molar-refractivity contribution in [2.24, 2.45) is 5.73 Å². The number of carbonyl (C=O) groups is 2. The van der Waals surface area contributed by atoms with Gasteiger partial charge in [-0.25, -0.2) is 4.39 Å². The number of aryl methyl sites for hydroxylation is 1. The summed E-state index contributed by atoms with van der Waals surface area (Å²) >= 11 is 6.39. The van der Waals surface area contributed by atoms with Crippen LogP contribution in [0, 0.1) is 12.7 Å². The number of fused-ring (bicyclic) bond motifs is 1. The quantitative estimate of drug-likeness (QED) is 0.821. The van der Waals surface area contributed by atoms with Crippen molar-refractivity contribution in [2.75, 3.05) is 13.1 Å². The van der Waals surface area contributed by atoms with Crippen molar-refractivity contribution >= 4 is 34.3 Å². The monoisotopic (exact) mass is 363 g/mol. The lowest BCUT2D eigenvalue weighted by molar-refractivity contribution is -0.127. The summed E-state index contributed by atoms with van der Waals surface area (Å²) in [6.45, 7) is 6.26. The largest absolute Gasteiger partial charge is 0.366 e. The van der Waals surface area contributed by atoms with Gasteiger partial charge in [-0.1, -0.05) is 18.2 Å². The Morgan fingerprint density at radius 1 is 1.52 bits per heavy atom. The average Bonchev–Trinajstić information content (AvgIpc) is 2.88. The van der Waals surface area contributed by atoms with Crippen LogP contribution in [0.4, 0.5) is 4.39 Å². The maximum absolute atomic E-state index is 14.9. The van der Waals surface area contributed by atoms with Crippen molar-refractivity contribution in [1.29, 1.82) is 0 Å². The van der Waals surface area contributed by atoms with Crippen LogP contribution in [0.5, 0.6) is 0 Å². The number of aromatic amines is 1. The number of nitrogens with zero attached hydrogens (tertiary/aromatic N) is 1. The molecule has 1 aromatic heterocycles. The van der Waals surface area contributed by atoms with Gasteiger partial charge in [-0.2, -0.15) is 0 Å². The van der Waals surface area contributed by atoms with Crippen LogP contribution in [0.3, 0.4) is 0 Å². The van der Waals surface area contributed by atoms with E-state index in [1.54, 1.807) is 11.8 Å². The van der Waals surface area contributed by atoms with Crippen molar-refractivity contribution in [3.8, 4) is 0 Å². The molecule has 132 valence electrons. The number of likely N-dealkylation sites (tertiary alicyclic amines) is 1. The number of hydrogen-bond acceptors (Lipinski definition) is 2. The van der Waals surface area contributed by atoms with E-state index in [-0.39, 0.29) is 17.4 Å². The first-order valence-corrected chi connectivity index (χ1v) is 8.44. The Morgan fingerprint density at radius 2 is 2.24 bits per heavy atom. The van der Waals surface area contributed by atoms with Crippen LogP contribution >= 0.6 is 11.6 Å². The summed E-state index contributed by atoms with van der Waals surface area (Å²) in [6, 6.07) is 1.15. The van der Waals surface area contributed by atoms with Crippen molar-refractivity contribution in [3.63, 3.8) is 0 Å². The van der Waals surface area contributed by atoms with Gasteiger partial charge in [0.2, 0.25) is 5.91 Å². The molecule has 1 aliphatic heterocycles. The number of hydrogen-bond donors (Lipinski definition) is 2. The molecule has 1 aromatic carbocycles. The fourth-order valence-corrected chi connectivity index (χ4v) is 3.83. The molecule has 0 saturated carbocycles. The summed E-state index contributed by atoms with van der Waals surface area (Å²) in [5, 5.41) is 0.852. The number of piperidine rings is 1. The second kappa shape index (κ2) is 6.52. The summed E-state index contributed by atoms with van der Waals surface area (Å²) in [6.07, 6.45) is 2.74. The highest BCUT2D eigenvalue weighted by Crippen LogP contribution is 2.40. The molecule has 2 amide bonds. The number of halogens is 2. The zero-order valence-electron chi connectivity index (χ0n) is 13.9. The number of benzene rings is 1. The van der Waals surface area contributed by atoms with Crippen LogP contribution in [0.1, 0.15) is 40.4 Å². The highest BCUT2D eigenvalue weighted by molar-refractivity contribution is 6.37. The Kier molecular flexibility index (Phi) is 4.56. The predicted molar refractivity (Wildman–Crippen MR) is 95.3 cm³/mol. The lowest BCUT2D eigenvalue weighted by atomic mass is 9.87. The molecule has 2 heterocycles.